The number of aromatic nitrogens is 4. The number of rotatable bonds is 3. The first kappa shape index (κ1) is 11.2. The van der Waals surface area contributed by atoms with Gasteiger partial charge in [0.2, 0.25) is 5.95 Å². The van der Waals surface area contributed by atoms with E-state index in [4.69, 9.17) is 5.73 Å². The summed E-state index contributed by atoms with van der Waals surface area (Å²) in [6, 6.07) is 6.12. The number of hydrogen-bond donors (Lipinski definition) is 2. The Morgan fingerprint density at radius 1 is 1.44 bits per heavy atom. The van der Waals surface area contributed by atoms with Crippen LogP contribution >= 0.6 is 0 Å². The van der Waals surface area contributed by atoms with Crippen LogP contribution in [-0.4, -0.2) is 32.8 Å². The number of nitrogens with zero attached hydrogens (tertiary/aromatic N) is 4. The van der Waals surface area contributed by atoms with Crippen LogP contribution in [0.1, 0.15) is 24.0 Å². The van der Waals surface area contributed by atoms with Crippen LogP contribution in [0, 0.1) is 0 Å². The molecule has 2 aromatic rings. The topological polar surface area (TPSA) is 81.7 Å². The summed E-state index contributed by atoms with van der Waals surface area (Å²) in [5, 5.41) is 7.78. The molecule has 0 aromatic carbocycles. The molecule has 6 heteroatoms. The number of nitrogens with one attached hydrogen (secondary N) is 1. The molecule has 0 spiro atoms. The smallest absolute Gasteiger partial charge is 0.222 e. The van der Waals surface area contributed by atoms with E-state index in [1.54, 1.807) is 0 Å². The van der Waals surface area contributed by atoms with Gasteiger partial charge in [0.1, 0.15) is 0 Å². The van der Waals surface area contributed by atoms with Crippen LogP contribution in [0.25, 0.3) is 0 Å². The van der Waals surface area contributed by atoms with Crippen LogP contribution in [0.4, 0.5) is 5.95 Å². The highest BCUT2D eigenvalue weighted by molar-refractivity contribution is 5.31. The molecule has 3 heterocycles. The van der Waals surface area contributed by atoms with E-state index in [-0.39, 0.29) is 6.04 Å². The molecule has 2 aromatic heterocycles. The normalized spacial score (nSPS) is 18.2. The molecule has 6 nitrogen and oxygen atoms in total. The fourth-order valence-corrected chi connectivity index (χ4v) is 2.23. The Labute approximate surface area is 105 Å². The van der Waals surface area contributed by atoms with E-state index in [9.17, 15) is 0 Å². The third kappa shape index (κ3) is 1.95. The summed E-state index contributed by atoms with van der Waals surface area (Å²) in [6.07, 6.45) is 3.49. The minimum absolute atomic E-state index is 0.168. The van der Waals surface area contributed by atoms with Gasteiger partial charge in [-0.05, 0) is 25.1 Å². The van der Waals surface area contributed by atoms with Crippen LogP contribution < -0.4 is 11.1 Å². The van der Waals surface area contributed by atoms with Gasteiger partial charge in [-0.15, -0.1) is 0 Å². The van der Waals surface area contributed by atoms with Crippen molar-refractivity contribution < 1.29 is 0 Å². The van der Waals surface area contributed by atoms with Crippen LogP contribution in [-0.2, 0) is 6.42 Å². The van der Waals surface area contributed by atoms with Gasteiger partial charge in [0, 0.05) is 19.2 Å². The first-order valence-electron chi connectivity index (χ1n) is 6.19. The fourth-order valence-electron chi connectivity index (χ4n) is 2.23. The van der Waals surface area contributed by atoms with Gasteiger partial charge in [-0.25, -0.2) is 4.68 Å². The quantitative estimate of drug-likeness (QED) is 0.825. The molecular weight excluding hydrogens is 228 g/mol. The lowest BCUT2D eigenvalue weighted by atomic mass is 10.1. The van der Waals surface area contributed by atoms with E-state index in [1.807, 2.05) is 29.1 Å². The Hall–Kier alpha value is -1.95. The Morgan fingerprint density at radius 3 is 3.17 bits per heavy atom. The first-order chi connectivity index (χ1) is 8.88. The predicted octanol–water partition coefficient (Wildman–Crippen LogP) is 0.579. The summed E-state index contributed by atoms with van der Waals surface area (Å²) in [4.78, 5) is 8.86. The minimum atomic E-state index is 0.168. The third-order valence-corrected chi connectivity index (χ3v) is 3.07. The number of hydrogen-bond acceptors (Lipinski definition) is 5. The Bertz CT molecular complexity index is 521. The Balaban J connectivity index is 1.96. The van der Waals surface area contributed by atoms with Crippen LogP contribution in [0.5, 0.6) is 0 Å². The van der Waals surface area contributed by atoms with Crippen molar-refractivity contribution >= 4 is 5.95 Å². The molecular formula is C12H16N6. The summed E-state index contributed by atoms with van der Waals surface area (Å²) >= 11 is 0. The summed E-state index contributed by atoms with van der Waals surface area (Å²) in [7, 11) is 0. The molecule has 3 N–H and O–H groups in total. The fraction of sp³-hybridized carbons (Fsp3) is 0.417. The van der Waals surface area contributed by atoms with Gasteiger partial charge >= 0.3 is 0 Å². The van der Waals surface area contributed by atoms with Crippen molar-refractivity contribution in [3.8, 4) is 0 Å². The second kappa shape index (κ2) is 4.73. The Morgan fingerprint density at radius 2 is 2.39 bits per heavy atom. The zero-order valence-electron chi connectivity index (χ0n) is 10.1. The standard InChI is InChI=1S/C12H16N6/c13-6-4-11-16-12-15-8-5-10(18(12)17-11)9-3-1-2-7-14-9/h1-3,7,10H,4-6,8,13H2,(H,15,16,17). The van der Waals surface area contributed by atoms with Crippen LogP contribution in [0.3, 0.4) is 0 Å². The van der Waals surface area contributed by atoms with Gasteiger partial charge in [0.15, 0.2) is 5.82 Å². The first-order valence-corrected chi connectivity index (χ1v) is 6.19. The molecule has 18 heavy (non-hydrogen) atoms. The third-order valence-electron chi connectivity index (χ3n) is 3.07. The van der Waals surface area contributed by atoms with Crippen LogP contribution in [0.2, 0.25) is 0 Å². The van der Waals surface area contributed by atoms with Gasteiger partial charge in [-0.3, -0.25) is 4.98 Å². The maximum Gasteiger partial charge on any atom is 0.222 e. The maximum atomic E-state index is 5.54. The number of fused-ring (bicyclic) bond motifs is 1. The molecule has 0 fully saturated rings. The second-order valence-electron chi connectivity index (χ2n) is 4.32. The molecule has 3 rings (SSSR count). The van der Waals surface area contributed by atoms with Gasteiger partial charge in [-0.2, -0.15) is 10.1 Å². The van der Waals surface area contributed by atoms with Gasteiger partial charge < -0.3 is 11.1 Å². The maximum absolute atomic E-state index is 5.54. The van der Waals surface area contributed by atoms with E-state index in [0.717, 1.165) is 30.4 Å². The number of anilines is 1. The summed E-state index contributed by atoms with van der Waals surface area (Å²) in [6.45, 7) is 1.46. The van der Waals surface area contributed by atoms with Gasteiger partial charge in [0.05, 0.1) is 11.7 Å². The second-order valence-corrected chi connectivity index (χ2v) is 4.32. The van der Waals surface area contributed by atoms with Crippen molar-refractivity contribution in [2.24, 2.45) is 5.73 Å². The molecule has 0 amide bonds. The summed E-state index contributed by atoms with van der Waals surface area (Å²) in [5.74, 6) is 1.61. The van der Waals surface area contributed by atoms with Gasteiger partial charge in [0.25, 0.3) is 0 Å². The lowest BCUT2D eigenvalue weighted by Crippen LogP contribution is -2.25. The molecule has 0 saturated heterocycles. The molecule has 0 radical (unpaired) electrons. The zero-order chi connectivity index (χ0) is 12.4. The average molecular weight is 244 g/mol. The summed E-state index contributed by atoms with van der Waals surface area (Å²) < 4.78 is 1.93. The molecule has 1 unspecified atom stereocenters. The molecule has 0 bridgehead atoms. The molecule has 0 aliphatic carbocycles. The van der Waals surface area contributed by atoms with Crippen molar-refractivity contribution in [1.29, 1.82) is 0 Å². The van der Waals surface area contributed by atoms with E-state index < -0.39 is 0 Å². The van der Waals surface area contributed by atoms with Gasteiger partial charge in [-0.1, -0.05) is 6.07 Å². The molecule has 94 valence electrons. The van der Waals surface area contributed by atoms with Crippen LogP contribution in [0.15, 0.2) is 24.4 Å². The van der Waals surface area contributed by atoms with Crippen molar-refractivity contribution in [2.75, 3.05) is 18.4 Å². The number of nitrogens with two attached hydrogens (primary N) is 1. The number of pyridine rings is 1. The highest BCUT2D eigenvalue weighted by atomic mass is 15.4. The van der Waals surface area contributed by atoms with Crippen molar-refractivity contribution in [3.05, 3.63) is 35.9 Å². The average Bonchev–Trinajstić information content (AvgIpc) is 2.82. The van der Waals surface area contributed by atoms with E-state index >= 15 is 0 Å². The highest BCUT2D eigenvalue weighted by Crippen LogP contribution is 2.26. The lowest BCUT2D eigenvalue weighted by Gasteiger charge is -2.23. The van der Waals surface area contributed by atoms with E-state index in [2.05, 4.69) is 20.4 Å². The zero-order valence-corrected chi connectivity index (χ0v) is 10.1. The molecule has 1 atom stereocenters. The largest absolute Gasteiger partial charge is 0.354 e. The SMILES string of the molecule is NCCc1nc2n(n1)C(c1ccccn1)CCN2. The monoisotopic (exact) mass is 244 g/mol. The molecule has 1 aliphatic rings. The lowest BCUT2D eigenvalue weighted by molar-refractivity contribution is 0.467. The highest BCUT2D eigenvalue weighted by Gasteiger charge is 2.24. The summed E-state index contributed by atoms with van der Waals surface area (Å²) in [5.41, 5.74) is 6.57. The Kier molecular flexibility index (Phi) is 2.93. The van der Waals surface area contributed by atoms with E-state index in [1.165, 1.54) is 0 Å². The molecule has 1 aliphatic heterocycles. The van der Waals surface area contributed by atoms with Crippen molar-refractivity contribution in [2.45, 2.75) is 18.9 Å². The van der Waals surface area contributed by atoms with Crippen molar-refractivity contribution in [1.82, 2.24) is 19.7 Å². The van der Waals surface area contributed by atoms with E-state index in [0.29, 0.717) is 13.0 Å². The predicted molar refractivity (Wildman–Crippen MR) is 68.3 cm³/mol. The molecule has 0 saturated carbocycles. The minimum Gasteiger partial charge on any atom is -0.354 e. The van der Waals surface area contributed by atoms with Crippen molar-refractivity contribution in [3.63, 3.8) is 0 Å².